The highest BCUT2D eigenvalue weighted by molar-refractivity contribution is 14.0. The minimum absolute atomic E-state index is 0. The van der Waals surface area contributed by atoms with Crippen molar-refractivity contribution < 1.29 is 0 Å². The van der Waals surface area contributed by atoms with Gasteiger partial charge in [-0.1, -0.05) is 37.3 Å². The minimum atomic E-state index is 0. The lowest BCUT2D eigenvalue weighted by Crippen LogP contribution is -2.48. The maximum absolute atomic E-state index is 4.47. The Kier molecular flexibility index (Phi) is 7.76. The quantitative estimate of drug-likeness (QED) is 0.380. The number of hydrogen-bond acceptors (Lipinski definition) is 2. The van der Waals surface area contributed by atoms with Crippen LogP contribution in [0.4, 0.5) is 0 Å². The average Bonchev–Trinajstić information content (AvgIpc) is 3.26. The predicted molar refractivity (Wildman–Crippen MR) is 121 cm³/mol. The van der Waals surface area contributed by atoms with Crippen molar-refractivity contribution in [3.05, 3.63) is 35.9 Å². The van der Waals surface area contributed by atoms with Crippen molar-refractivity contribution in [2.45, 2.75) is 52.1 Å². The molecule has 2 atom stereocenters. The van der Waals surface area contributed by atoms with Crippen LogP contribution in [0.2, 0.25) is 0 Å². The summed E-state index contributed by atoms with van der Waals surface area (Å²) in [5, 5.41) is 7.27. The minimum Gasteiger partial charge on any atom is -0.356 e. The van der Waals surface area contributed by atoms with Crippen molar-refractivity contribution in [1.29, 1.82) is 0 Å². The first-order chi connectivity index (χ1) is 12.0. The zero-order valence-electron chi connectivity index (χ0n) is 16.7. The summed E-state index contributed by atoms with van der Waals surface area (Å²) in [6.45, 7) is 10.2. The maximum atomic E-state index is 4.47. The van der Waals surface area contributed by atoms with Crippen LogP contribution in [0.5, 0.6) is 0 Å². The molecular formula is C21H35IN4. The molecule has 5 heteroatoms. The van der Waals surface area contributed by atoms with Crippen LogP contribution >= 0.6 is 24.0 Å². The van der Waals surface area contributed by atoms with Crippen LogP contribution in [0.3, 0.4) is 0 Å². The molecule has 2 N–H and O–H groups in total. The first-order valence-corrected chi connectivity index (χ1v) is 9.76. The van der Waals surface area contributed by atoms with Gasteiger partial charge in [-0.3, -0.25) is 9.89 Å². The zero-order chi connectivity index (χ0) is 17.9. The summed E-state index contributed by atoms with van der Waals surface area (Å²) < 4.78 is 0. The molecule has 0 amide bonds. The Balaban J connectivity index is 0.00000243. The van der Waals surface area contributed by atoms with Gasteiger partial charge < -0.3 is 10.6 Å². The molecule has 2 unspecified atom stereocenters. The summed E-state index contributed by atoms with van der Waals surface area (Å²) in [5.74, 6) is 1.61. The van der Waals surface area contributed by atoms with Crippen molar-refractivity contribution in [2.24, 2.45) is 16.3 Å². The molecule has 2 aliphatic rings. The first kappa shape index (κ1) is 21.5. The molecule has 2 fully saturated rings. The molecule has 0 bridgehead atoms. The average molecular weight is 470 g/mol. The van der Waals surface area contributed by atoms with E-state index in [9.17, 15) is 0 Å². The van der Waals surface area contributed by atoms with Gasteiger partial charge in [-0.05, 0) is 50.0 Å². The van der Waals surface area contributed by atoms with E-state index in [-0.39, 0.29) is 24.0 Å². The highest BCUT2D eigenvalue weighted by Gasteiger charge is 2.42. The SMILES string of the molecule is CN=C(NCC1(Cc2ccccc2)CC1)NC1CN(C(C)C)CC1C.I. The van der Waals surface area contributed by atoms with Crippen molar-refractivity contribution >= 4 is 29.9 Å². The summed E-state index contributed by atoms with van der Waals surface area (Å²) in [6, 6.07) is 12.0. The molecule has 146 valence electrons. The third-order valence-electron chi connectivity index (χ3n) is 5.93. The van der Waals surface area contributed by atoms with Crippen LogP contribution in [-0.2, 0) is 6.42 Å². The van der Waals surface area contributed by atoms with Gasteiger partial charge in [0, 0.05) is 38.8 Å². The lowest BCUT2D eigenvalue weighted by atomic mass is 9.96. The number of halogens is 1. The van der Waals surface area contributed by atoms with Crippen LogP contribution < -0.4 is 10.6 Å². The fourth-order valence-electron chi connectivity index (χ4n) is 3.88. The van der Waals surface area contributed by atoms with E-state index in [4.69, 9.17) is 0 Å². The van der Waals surface area contributed by atoms with Gasteiger partial charge in [0.2, 0.25) is 0 Å². The van der Waals surface area contributed by atoms with Gasteiger partial charge in [0.25, 0.3) is 0 Å². The van der Waals surface area contributed by atoms with Crippen LogP contribution in [0.25, 0.3) is 0 Å². The number of nitrogens with zero attached hydrogens (tertiary/aromatic N) is 2. The second kappa shape index (κ2) is 9.40. The van der Waals surface area contributed by atoms with Crippen molar-refractivity contribution in [3.8, 4) is 0 Å². The number of nitrogens with one attached hydrogen (secondary N) is 2. The maximum Gasteiger partial charge on any atom is 0.191 e. The van der Waals surface area contributed by atoms with E-state index in [1.54, 1.807) is 0 Å². The van der Waals surface area contributed by atoms with Crippen LogP contribution in [0.15, 0.2) is 35.3 Å². The lowest BCUT2D eigenvalue weighted by molar-refractivity contribution is 0.265. The van der Waals surface area contributed by atoms with E-state index >= 15 is 0 Å². The fraction of sp³-hybridized carbons (Fsp3) is 0.667. The van der Waals surface area contributed by atoms with Crippen molar-refractivity contribution in [3.63, 3.8) is 0 Å². The van der Waals surface area contributed by atoms with E-state index in [2.05, 4.69) is 71.6 Å². The molecule has 0 spiro atoms. The number of hydrogen-bond donors (Lipinski definition) is 2. The molecule has 1 saturated heterocycles. The topological polar surface area (TPSA) is 39.7 Å². The molecule has 1 aromatic carbocycles. The summed E-state index contributed by atoms with van der Waals surface area (Å²) in [6.07, 6.45) is 3.79. The van der Waals surface area contributed by atoms with Crippen LogP contribution in [-0.4, -0.2) is 49.6 Å². The Hall–Kier alpha value is -0.820. The van der Waals surface area contributed by atoms with Gasteiger partial charge in [-0.15, -0.1) is 24.0 Å². The third kappa shape index (κ3) is 5.59. The Labute approximate surface area is 176 Å². The standard InChI is InChI=1S/C21H34N4.HI/c1-16(2)25-13-17(3)19(14-25)24-20(22-4)23-15-21(10-11-21)12-18-8-6-5-7-9-18;/h5-9,16-17,19H,10-15H2,1-4H3,(H2,22,23,24);1H. The molecule has 0 radical (unpaired) electrons. The van der Waals surface area contributed by atoms with Gasteiger partial charge in [-0.25, -0.2) is 0 Å². The van der Waals surface area contributed by atoms with Crippen molar-refractivity contribution in [2.75, 3.05) is 26.7 Å². The summed E-state index contributed by atoms with van der Waals surface area (Å²) in [7, 11) is 1.88. The molecule has 1 heterocycles. The van der Waals surface area contributed by atoms with Crippen LogP contribution in [0, 0.1) is 11.3 Å². The second-order valence-corrected chi connectivity index (χ2v) is 8.36. The molecule has 0 aromatic heterocycles. The number of guanidine groups is 1. The van der Waals surface area contributed by atoms with Crippen molar-refractivity contribution in [1.82, 2.24) is 15.5 Å². The van der Waals surface area contributed by atoms with Gasteiger partial charge >= 0.3 is 0 Å². The van der Waals surface area contributed by atoms with E-state index in [0.29, 0.717) is 23.4 Å². The van der Waals surface area contributed by atoms with Gasteiger partial charge in [0.15, 0.2) is 5.96 Å². The molecule has 4 nitrogen and oxygen atoms in total. The predicted octanol–water partition coefficient (Wildman–Crippen LogP) is 3.52. The molecule has 1 aromatic rings. The largest absolute Gasteiger partial charge is 0.356 e. The summed E-state index contributed by atoms with van der Waals surface area (Å²) in [5.41, 5.74) is 1.87. The molecule has 26 heavy (non-hydrogen) atoms. The number of rotatable bonds is 6. The number of likely N-dealkylation sites (tertiary alicyclic amines) is 1. The second-order valence-electron chi connectivity index (χ2n) is 8.36. The number of benzene rings is 1. The van der Waals surface area contributed by atoms with E-state index in [1.165, 1.54) is 31.4 Å². The van der Waals surface area contributed by atoms with E-state index < -0.39 is 0 Å². The van der Waals surface area contributed by atoms with Crippen LogP contribution in [0.1, 0.15) is 39.2 Å². The Morgan fingerprint density at radius 2 is 1.92 bits per heavy atom. The van der Waals surface area contributed by atoms with E-state index in [0.717, 1.165) is 19.0 Å². The molecule has 1 saturated carbocycles. The summed E-state index contributed by atoms with van der Waals surface area (Å²) in [4.78, 5) is 7.02. The highest BCUT2D eigenvalue weighted by Crippen LogP contribution is 2.47. The lowest BCUT2D eigenvalue weighted by Gasteiger charge is -2.23. The van der Waals surface area contributed by atoms with Gasteiger partial charge in [0.05, 0.1) is 0 Å². The Morgan fingerprint density at radius 3 is 2.46 bits per heavy atom. The third-order valence-corrected chi connectivity index (χ3v) is 5.93. The zero-order valence-corrected chi connectivity index (χ0v) is 19.0. The first-order valence-electron chi connectivity index (χ1n) is 9.76. The Morgan fingerprint density at radius 1 is 1.23 bits per heavy atom. The smallest absolute Gasteiger partial charge is 0.191 e. The van der Waals surface area contributed by atoms with E-state index in [1.807, 2.05) is 7.05 Å². The van der Waals surface area contributed by atoms with Gasteiger partial charge in [0.1, 0.15) is 0 Å². The normalized spacial score (nSPS) is 25.0. The monoisotopic (exact) mass is 470 g/mol. The summed E-state index contributed by atoms with van der Waals surface area (Å²) >= 11 is 0. The highest BCUT2D eigenvalue weighted by atomic mass is 127. The van der Waals surface area contributed by atoms with Gasteiger partial charge in [-0.2, -0.15) is 0 Å². The molecule has 3 rings (SSSR count). The Bertz CT molecular complexity index is 583. The molecule has 1 aliphatic carbocycles. The molecular weight excluding hydrogens is 435 g/mol. The number of aliphatic imine (C=N–C) groups is 1. The molecule has 1 aliphatic heterocycles. The fourth-order valence-corrected chi connectivity index (χ4v) is 3.88.